The topological polar surface area (TPSA) is 54.5 Å². The van der Waals surface area contributed by atoms with Gasteiger partial charge in [-0.3, -0.25) is 9.71 Å². The van der Waals surface area contributed by atoms with Gasteiger partial charge in [-0.15, -0.1) is 0 Å². The van der Waals surface area contributed by atoms with Gasteiger partial charge in [-0.1, -0.05) is 36.4 Å². The fraction of sp³-hybridized carbons (Fsp3) is 0.360. The lowest BCUT2D eigenvalue weighted by molar-refractivity contribution is 0.0241. The fourth-order valence-electron chi connectivity index (χ4n) is 3.15. The highest BCUT2D eigenvalue weighted by molar-refractivity contribution is 7.97. The summed E-state index contributed by atoms with van der Waals surface area (Å²) in [5.74, 6) is 0. The van der Waals surface area contributed by atoms with Crippen LogP contribution in [0, 0.1) is 0 Å². The monoisotopic (exact) mass is 437 g/mol. The molecule has 1 amide bonds. The molecule has 1 aromatic heterocycles. The average Bonchev–Trinajstić information content (AvgIpc) is 2.74. The Kier molecular flexibility index (Phi) is 7.93. The van der Waals surface area contributed by atoms with Gasteiger partial charge >= 0.3 is 6.09 Å². The van der Waals surface area contributed by atoms with Crippen LogP contribution >= 0.6 is 11.9 Å². The number of fused-ring (bicyclic) bond motifs is 1. The second-order valence-electron chi connectivity index (χ2n) is 8.67. The fourth-order valence-corrected chi connectivity index (χ4v) is 3.89. The maximum atomic E-state index is 12.8. The molecule has 0 saturated heterocycles. The SMILES string of the molecule is C[C@H](CN(CCc1ccccc1)C(=O)OC(C)(C)C)NSc1ccc2cnccc2c1. The molecule has 0 aliphatic heterocycles. The average molecular weight is 438 g/mol. The molecule has 0 unspecified atom stereocenters. The molecule has 0 saturated carbocycles. The van der Waals surface area contributed by atoms with Crippen molar-refractivity contribution < 1.29 is 9.53 Å². The Bertz CT molecular complexity index is 989. The van der Waals surface area contributed by atoms with Crippen molar-refractivity contribution in [3.8, 4) is 0 Å². The van der Waals surface area contributed by atoms with Gasteiger partial charge in [0.2, 0.25) is 0 Å². The van der Waals surface area contributed by atoms with Gasteiger partial charge in [-0.2, -0.15) is 0 Å². The van der Waals surface area contributed by atoms with E-state index >= 15 is 0 Å². The third kappa shape index (κ3) is 7.56. The van der Waals surface area contributed by atoms with Crippen LogP contribution < -0.4 is 4.72 Å². The molecule has 1 atom stereocenters. The van der Waals surface area contributed by atoms with Gasteiger partial charge in [0.1, 0.15) is 5.60 Å². The van der Waals surface area contributed by atoms with Gasteiger partial charge in [-0.25, -0.2) is 4.79 Å². The third-order valence-electron chi connectivity index (χ3n) is 4.65. The Morgan fingerprint density at radius 2 is 1.90 bits per heavy atom. The highest BCUT2D eigenvalue weighted by Gasteiger charge is 2.23. The van der Waals surface area contributed by atoms with Crippen molar-refractivity contribution in [2.75, 3.05) is 13.1 Å². The summed E-state index contributed by atoms with van der Waals surface area (Å²) < 4.78 is 9.11. The van der Waals surface area contributed by atoms with Crippen molar-refractivity contribution >= 4 is 28.8 Å². The molecule has 0 radical (unpaired) electrons. The van der Waals surface area contributed by atoms with E-state index in [1.54, 1.807) is 23.0 Å². The number of carbonyl (C=O) groups is 1. The van der Waals surface area contributed by atoms with Crippen molar-refractivity contribution in [3.63, 3.8) is 0 Å². The van der Waals surface area contributed by atoms with Crippen LogP contribution in [0.15, 0.2) is 71.9 Å². The summed E-state index contributed by atoms with van der Waals surface area (Å²) in [5, 5.41) is 2.28. The summed E-state index contributed by atoms with van der Waals surface area (Å²) >= 11 is 1.58. The summed E-state index contributed by atoms with van der Waals surface area (Å²) in [5.41, 5.74) is 0.685. The lowest BCUT2D eigenvalue weighted by Crippen LogP contribution is -2.44. The molecule has 6 heteroatoms. The molecule has 31 heavy (non-hydrogen) atoms. The quantitative estimate of drug-likeness (QED) is 0.458. The standard InChI is InChI=1S/C25H31N3O2S/c1-19(27-31-23-11-10-22-17-26-14-12-21(22)16-23)18-28(24(29)30-25(2,3)4)15-13-20-8-6-5-7-9-20/h5-12,14,16-17,19,27H,13,15,18H2,1-4H3/t19-/m1/s1. The van der Waals surface area contributed by atoms with Gasteiger partial charge in [0.25, 0.3) is 0 Å². The Hall–Kier alpha value is -2.57. The van der Waals surface area contributed by atoms with E-state index in [0.717, 1.165) is 22.1 Å². The summed E-state index contributed by atoms with van der Waals surface area (Å²) in [4.78, 5) is 19.9. The highest BCUT2D eigenvalue weighted by Crippen LogP contribution is 2.22. The number of rotatable bonds is 8. The van der Waals surface area contributed by atoms with Crippen molar-refractivity contribution in [2.24, 2.45) is 0 Å². The molecule has 3 rings (SSSR count). The highest BCUT2D eigenvalue weighted by atomic mass is 32.2. The minimum absolute atomic E-state index is 0.0847. The van der Waals surface area contributed by atoms with Gasteiger partial charge in [0.15, 0.2) is 0 Å². The first-order valence-corrected chi connectivity index (χ1v) is 11.4. The molecule has 2 aromatic carbocycles. The molecule has 1 N–H and O–H groups in total. The zero-order valence-electron chi connectivity index (χ0n) is 18.7. The normalized spacial score (nSPS) is 12.5. The van der Waals surface area contributed by atoms with E-state index in [9.17, 15) is 4.79 Å². The van der Waals surface area contributed by atoms with Crippen molar-refractivity contribution in [2.45, 2.75) is 50.7 Å². The predicted octanol–water partition coefficient (Wildman–Crippen LogP) is 5.70. The molecular formula is C25H31N3O2S. The molecule has 1 heterocycles. The zero-order chi connectivity index (χ0) is 22.3. The number of benzene rings is 2. The maximum absolute atomic E-state index is 12.8. The molecule has 3 aromatic rings. The predicted molar refractivity (Wildman–Crippen MR) is 128 cm³/mol. The molecule has 0 bridgehead atoms. The Morgan fingerprint density at radius 1 is 1.13 bits per heavy atom. The van der Waals surface area contributed by atoms with E-state index in [2.05, 4.69) is 47.0 Å². The Labute approximate surface area is 189 Å². The molecule has 5 nitrogen and oxygen atoms in total. The summed E-state index contributed by atoms with van der Waals surface area (Å²) in [7, 11) is 0. The van der Waals surface area contributed by atoms with Gasteiger partial charge in [-0.05, 0) is 75.2 Å². The number of carbonyl (C=O) groups excluding carboxylic acids is 1. The first kappa shape index (κ1) is 23.1. The van der Waals surface area contributed by atoms with Crippen LogP contribution in [0.1, 0.15) is 33.3 Å². The van der Waals surface area contributed by atoms with Crippen LogP contribution in [-0.4, -0.2) is 40.7 Å². The second-order valence-corrected chi connectivity index (χ2v) is 9.58. The van der Waals surface area contributed by atoms with E-state index in [0.29, 0.717) is 13.1 Å². The Morgan fingerprint density at radius 3 is 2.65 bits per heavy atom. The summed E-state index contributed by atoms with van der Waals surface area (Å²) in [6.45, 7) is 8.94. The van der Waals surface area contributed by atoms with Crippen LogP contribution in [-0.2, 0) is 11.2 Å². The van der Waals surface area contributed by atoms with E-state index in [-0.39, 0.29) is 12.1 Å². The number of ether oxygens (including phenoxy) is 1. The largest absolute Gasteiger partial charge is 0.444 e. The van der Waals surface area contributed by atoms with Crippen LogP contribution in [0.2, 0.25) is 0 Å². The Balaban J connectivity index is 1.60. The van der Waals surface area contributed by atoms with Gasteiger partial charge in [0.05, 0.1) is 0 Å². The van der Waals surface area contributed by atoms with E-state index in [1.165, 1.54) is 5.56 Å². The second kappa shape index (κ2) is 10.6. The van der Waals surface area contributed by atoms with Crippen LogP contribution in [0.25, 0.3) is 10.8 Å². The number of amides is 1. The first-order valence-electron chi connectivity index (χ1n) is 10.6. The maximum Gasteiger partial charge on any atom is 0.410 e. The number of nitrogens with one attached hydrogen (secondary N) is 1. The minimum atomic E-state index is -0.520. The van der Waals surface area contributed by atoms with Crippen LogP contribution in [0.3, 0.4) is 0 Å². The lowest BCUT2D eigenvalue weighted by atomic mass is 10.1. The minimum Gasteiger partial charge on any atom is -0.444 e. The summed E-state index contributed by atoms with van der Waals surface area (Å²) in [6.07, 6.45) is 4.18. The molecule has 164 valence electrons. The van der Waals surface area contributed by atoms with E-state index < -0.39 is 5.60 Å². The van der Waals surface area contributed by atoms with Crippen molar-refractivity contribution in [1.29, 1.82) is 0 Å². The smallest absolute Gasteiger partial charge is 0.410 e. The van der Waals surface area contributed by atoms with Crippen LogP contribution in [0.5, 0.6) is 0 Å². The van der Waals surface area contributed by atoms with Crippen molar-refractivity contribution in [1.82, 2.24) is 14.6 Å². The summed E-state index contributed by atoms with van der Waals surface area (Å²) in [6, 6.07) is 18.6. The third-order valence-corrected chi connectivity index (χ3v) is 5.66. The molecule has 0 aliphatic rings. The number of hydrogen-bond donors (Lipinski definition) is 1. The van der Waals surface area contributed by atoms with Gasteiger partial charge in [0, 0.05) is 41.8 Å². The zero-order valence-corrected chi connectivity index (χ0v) is 19.5. The number of aromatic nitrogens is 1. The van der Waals surface area contributed by atoms with Crippen LogP contribution in [0.4, 0.5) is 4.79 Å². The van der Waals surface area contributed by atoms with E-state index in [4.69, 9.17) is 4.74 Å². The number of pyridine rings is 1. The molecular weight excluding hydrogens is 406 g/mol. The molecule has 0 fully saturated rings. The van der Waals surface area contributed by atoms with E-state index in [1.807, 2.05) is 51.2 Å². The van der Waals surface area contributed by atoms with Crippen molar-refractivity contribution in [3.05, 3.63) is 72.6 Å². The molecule has 0 spiro atoms. The molecule has 0 aliphatic carbocycles. The van der Waals surface area contributed by atoms with Gasteiger partial charge < -0.3 is 9.64 Å². The number of nitrogens with zero attached hydrogens (tertiary/aromatic N) is 2. The lowest BCUT2D eigenvalue weighted by Gasteiger charge is -2.29. The first-order chi connectivity index (χ1) is 14.8. The number of hydrogen-bond acceptors (Lipinski definition) is 5.